The Morgan fingerprint density at radius 1 is 1.04 bits per heavy atom. The van der Waals surface area contributed by atoms with Gasteiger partial charge in [-0.25, -0.2) is 9.36 Å². The molecule has 0 radical (unpaired) electrons. The highest BCUT2D eigenvalue weighted by molar-refractivity contribution is 7.46. The molecular weight excluding hydrogens is 359 g/mol. The van der Waals surface area contributed by atoms with Gasteiger partial charge in [0.05, 0.1) is 13.2 Å². The Labute approximate surface area is 145 Å². The zero-order valence-electron chi connectivity index (χ0n) is 13.8. The van der Waals surface area contributed by atoms with Crippen LogP contribution in [0, 0.1) is 5.92 Å². The Morgan fingerprint density at radius 3 is 2.20 bits per heavy atom. The first-order valence-electron chi connectivity index (χ1n) is 8.21. The van der Waals surface area contributed by atoms with Gasteiger partial charge in [-0.2, -0.15) is 0 Å². The monoisotopic (exact) mass is 386 g/mol. The zero-order valence-corrected chi connectivity index (χ0v) is 14.7. The van der Waals surface area contributed by atoms with E-state index in [1.165, 1.54) is 6.42 Å². The van der Waals surface area contributed by atoms with Gasteiger partial charge in [0.2, 0.25) is 0 Å². The van der Waals surface area contributed by atoms with Gasteiger partial charge >= 0.3 is 13.8 Å². The third-order valence-corrected chi connectivity index (χ3v) is 4.70. The van der Waals surface area contributed by atoms with Crippen molar-refractivity contribution >= 4 is 13.8 Å². The van der Waals surface area contributed by atoms with Gasteiger partial charge in [-0.15, -0.1) is 0 Å². The third kappa shape index (κ3) is 8.57. The van der Waals surface area contributed by atoms with Crippen molar-refractivity contribution in [2.75, 3.05) is 13.2 Å². The number of carbonyl (C=O) groups is 1. The van der Waals surface area contributed by atoms with Crippen molar-refractivity contribution in [2.45, 2.75) is 62.9 Å². The lowest BCUT2D eigenvalue weighted by Gasteiger charge is -2.26. The van der Waals surface area contributed by atoms with Crippen LogP contribution in [0.25, 0.3) is 0 Å². The Hall–Kier alpha value is -0.580. The van der Waals surface area contributed by atoms with Gasteiger partial charge in [-0.3, -0.25) is 4.52 Å². The number of hydrogen-bond donors (Lipinski definition) is 6. The molecule has 0 aromatic heterocycles. The molecule has 11 heteroatoms. The van der Waals surface area contributed by atoms with Gasteiger partial charge in [-0.1, -0.05) is 32.1 Å². The maximum Gasteiger partial charge on any atom is 0.469 e. The first kappa shape index (κ1) is 22.5. The average Bonchev–Trinajstić information content (AvgIpc) is 2.57. The Kier molecular flexibility index (Phi) is 9.47. The number of rotatable bonds is 10. The van der Waals surface area contributed by atoms with Crippen molar-refractivity contribution in [2.24, 2.45) is 5.92 Å². The average molecular weight is 386 g/mol. The van der Waals surface area contributed by atoms with E-state index >= 15 is 0 Å². The first-order chi connectivity index (χ1) is 11.6. The molecule has 25 heavy (non-hydrogen) atoms. The predicted octanol–water partition coefficient (Wildman–Crippen LogP) is -0.947. The number of phosphoric ester groups is 1. The summed E-state index contributed by atoms with van der Waals surface area (Å²) >= 11 is 0. The fraction of sp³-hybridized carbons (Fsp3) is 0.929. The molecular formula is C14H27O10P. The standard InChI is InChI=1S/C14H27O10P/c15-10(8-24-25(20,21)22)11(16)12(17)13(18)14(19)23-7-6-9-4-2-1-3-5-9/h9-13,15-18H,1-8H2,(H2,20,21,22). The second kappa shape index (κ2) is 10.5. The smallest absolute Gasteiger partial charge is 0.464 e. The van der Waals surface area contributed by atoms with Crippen molar-refractivity contribution in [3.63, 3.8) is 0 Å². The molecule has 0 spiro atoms. The van der Waals surface area contributed by atoms with Crippen LogP contribution in [0.15, 0.2) is 0 Å². The maximum atomic E-state index is 11.7. The van der Waals surface area contributed by atoms with Crippen LogP contribution < -0.4 is 0 Å². The molecule has 0 amide bonds. The summed E-state index contributed by atoms with van der Waals surface area (Å²) in [4.78, 5) is 28.7. The molecule has 1 saturated carbocycles. The van der Waals surface area contributed by atoms with Crippen molar-refractivity contribution in [3.8, 4) is 0 Å². The molecule has 0 aromatic carbocycles. The SMILES string of the molecule is O=C(OCCC1CCCCC1)C(O)C(O)C(O)C(O)COP(=O)(O)O. The second-order valence-electron chi connectivity index (χ2n) is 6.24. The summed E-state index contributed by atoms with van der Waals surface area (Å²) in [7, 11) is -4.87. The zero-order chi connectivity index (χ0) is 19.0. The van der Waals surface area contributed by atoms with Crippen LogP contribution in [0.4, 0.5) is 0 Å². The second-order valence-corrected chi connectivity index (χ2v) is 7.48. The normalized spacial score (nSPS) is 21.4. The summed E-state index contributed by atoms with van der Waals surface area (Å²) in [5.41, 5.74) is 0. The van der Waals surface area contributed by atoms with Crippen LogP contribution in [-0.2, 0) is 18.6 Å². The van der Waals surface area contributed by atoms with E-state index in [4.69, 9.17) is 14.5 Å². The van der Waals surface area contributed by atoms with Crippen LogP contribution in [0.1, 0.15) is 38.5 Å². The molecule has 1 fully saturated rings. The van der Waals surface area contributed by atoms with E-state index in [1.807, 2.05) is 0 Å². The van der Waals surface area contributed by atoms with E-state index in [-0.39, 0.29) is 6.61 Å². The van der Waals surface area contributed by atoms with Gasteiger partial charge < -0.3 is 34.9 Å². The molecule has 1 aliphatic carbocycles. The van der Waals surface area contributed by atoms with Crippen molar-refractivity contribution in [1.29, 1.82) is 0 Å². The highest BCUT2D eigenvalue weighted by Crippen LogP contribution is 2.35. The van der Waals surface area contributed by atoms with Crippen LogP contribution in [0.2, 0.25) is 0 Å². The van der Waals surface area contributed by atoms with Gasteiger partial charge in [0.15, 0.2) is 6.10 Å². The number of aliphatic hydroxyl groups excluding tert-OH is 4. The van der Waals surface area contributed by atoms with Crippen LogP contribution in [0.5, 0.6) is 0 Å². The number of hydrogen-bond acceptors (Lipinski definition) is 8. The lowest BCUT2D eigenvalue weighted by molar-refractivity contribution is -0.170. The molecule has 10 nitrogen and oxygen atoms in total. The minimum atomic E-state index is -4.87. The minimum absolute atomic E-state index is 0.0766. The van der Waals surface area contributed by atoms with E-state index in [0.717, 1.165) is 25.7 Å². The molecule has 0 aromatic rings. The van der Waals surface area contributed by atoms with Gasteiger partial charge in [-0.05, 0) is 12.3 Å². The van der Waals surface area contributed by atoms with Crippen molar-refractivity contribution in [3.05, 3.63) is 0 Å². The van der Waals surface area contributed by atoms with Gasteiger partial charge in [0, 0.05) is 0 Å². The van der Waals surface area contributed by atoms with E-state index in [1.54, 1.807) is 0 Å². The molecule has 148 valence electrons. The van der Waals surface area contributed by atoms with E-state index in [9.17, 15) is 29.8 Å². The number of carbonyl (C=O) groups excluding carboxylic acids is 1. The topological polar surface area (TPSA) is 174 Å². The molecule has 0 aliphatic heterocycles. The molecule has 0 saturated heterocycles. The predicted molar refractivity (Wildman–Crippen MR) is 84.2 cm³/mol. The van der Waals surface area contributed by atoms with Crippen LogP contribution in [-0.4, -0.2) is 73.8 Å². The highest BCUT2D eigenvalue weighted by atomic mass is 31.2. The first-order valence-corrected chi connectivity index (χ1v) is 9.74. The van der Waals surface area contributed by atoms with Gasteiger partial charge in [0.25, 0.3) is 0 Å². The number of esters is 1. The summed E-state index contributed by atoms with van der Waals surface area (Å²) in [6.07, 6.45) is -1.94. The summed E-state index contributed by atoms with van der Waals surface area (Å²) in [6, 6.07) is 0. The Bertz CT molecular complexity index is 447. The molecule has 1 aliphatic rings. The Balaban J connectivity index is 2.35. The summed E-state index contributed by atoms with van der Waals surface area (Å²) in [6.45, 7) is -0.917. The minimum Gasteiger partial charge on any atom is -0.464 e. The lowest BCUT2D eigenvalue weighted by atomic mass is 9.87. The fourth-order valence-electron chi connectivity index (χ4n) is 2.71. The number of ether oxygens (including phenoxy) is 1. The number of phosphoric acid groups is 1. The summed E-state index contributed by atoms with van der Waals surface area (Å²) < 4.78 is 19.4. The van der Waals surface area contributed by atoms with E-state index in [0.29, 0.717) is 12.3 Å². The molecule has 4 atom stereocenters. The molecule has 0 bridgehead atoms. The largest absolute Gasteiger partial charge is 0.469 e. The molecule has 0 heterocycles. The van der Waals surface area contributed by atoms with Gasteiger partial charge in [0.1, 0.15) is 18.3 Å². The third-order valence-electron chi connectivity index (χ3n) is 4.22. The Morgan fingerprint density at radius 2 is 1.64 bits per heavy atom. The maximum absolute atomic E-state index is 11.7. The molecule has 1 rings (SSSR count). The number of aliphatic hydroxyl groups is 4. The molecule has 4 unspecified atom stereocenters. The van der Waals surface area contributed by atoms with Crippen LogP contribution >= 0.6 is 7.82 Å². The van der Waals surface area contributed by atoms with E-state index < -0.39 is 44.8 Å². The summed E-state index contributed by atoms with van der Waals surface area (Å²) in [5.74, 6) is -0.689. The highest BCUT2D eigenvalue weighted by Gasteiger charge is 2.36. The van der Waals surface area contributed by atoms with Crippen molar-refractivity contribution in [1.82, 2.24) is 0 Å². The summed E-state index contributed by atoms with van der Waals surface area (Å²) in [5, 5.41) is 38.5. The lowest BCUT2D eigenvalue weighted by Crippen LogP contribution is -2.49. The van der Waals surface area contributed by atoms with Crippen molar-refractivity contribution < 1.29 is 48.8 Å². The fourth-order valence-corrected chi connectivity index (χ4v) is 3.06. The van der Waals surface area contributed by atoms with E-state index in [2.05, 4.69) is 4.52 Å². The quantitative estimate of drug-likeness (QED) is 0.203. The van der Waals surface area contributed by atoms with Crippen LogP contribution in [0.3, 0.4) is 0 Å². The molecule has 6 N–H and O–H groups in total.